The molecule has 63 heavy (non-hydrogen) atoms. The maximum atomic E-state index is 12.8. The van der Waals surface area contributed by atoms with E-state index in [4.69, 9.17) is 9.47 Å². The summed E-state index contributed by atoms with van der Waals surface area (Å²) >= 11 is 0. The molecule has 0 spiro atoms. The molecule has 0 bridgehead atoms. The van der Waals surface area contributed by atoms with E-state index in [9.17, 15) is 45.7 Å². The van der Waals surface area contributed by atoms with Gasteiger partial charge in [-0.25, -0.2) is 0 Å². The van der Waals surface area contributed by atoms with Crippen LogP contribution >= 0.6 is 0 Å². The summed E-state index contributed by atoms with van der Waals surface area (Å²) in [5.74, 6) is -5.62. The maximum absolute atomic E-state index is 12.8. The van der Waals surface area contributed by atoms with Crippen LogP contribution in [0.4, 0.5) is 0 Å². The third-order valence-electron chi connectivity index (χ3n) is 10.6. The number of aliphatic carboxylic acids is 1. The van der Waals surface area contributed by atoms with Gasteiger partial charge in [-0.1, -0.05) is 201 Å². The summed E-state index contributed by atoms with van der Waals surface area (Å²) in [6, 6.07) is 0. The molecule has 19 heteroatoms. The zero-order valence-electron chi connectivity index (χ0n) is 37.0. The van der Waals surface area contributed by atoms with Crippen LogP contribution < -0.4 is 0 Å². The Morgan fingerprint density at radius 2 is 0.762 bits per heavy atom. The number of ether oxygens (including phenoxy) is 2. The van der Waals surface area contributed by atoms with Crippen molar-refractivity contribution in [2.24, 2.45) is 5.92 Å². The second kappa shape index (κ2) is 48.8. The number of carbonyl (C=O) groups is 4. The predicted molar refractivity (Wildman–Crippen MR) is 261 cm³/mol. The van der Waals surface area contributed by atoms with Gasteiger partial charge in [-0.3, -0.25) is 23.7 Å². The van der Waals surface area contributed by atoms with Crippen molar-refractivity contribution in [2.75, 3.05) is 13.2 Å². The van der Waals surface area contributed by atoms with E-state index in [2.05, 4.69) is 25.0 Å². The van der Waals surface area contributed by atoms with Crippen LogP contribution in [0.1, 0.15) is 226 Å². The van der Waals surface area contributed by atoms with E-state index in [1.807, 2.05) is 0 Å². The van der Waals surface area contributed by atoms with Crippen molar-refractivity contribution in [2.45, 2.75) is 237 Å². The molecule has 0 aromatic heterocycles. The van der Waals surface area contributed by atoms with E-state index in [1.165, 1.54) is 116 Å². The fourth-order valence-electron chi connectivity index (χ4n) is 6.93. The average molecular weight is 979 g/mol. The number of hydrogen-bond acceptors (Lipinski definition) is 11. The molecule has 2 unspecified atom stereocenters. The summed E-state index contributed by atoms with van der Waals surface area (Å²) in [7, 11) is -10.5. The first-order valence-corrected chi connectivity index (χ1v) is 26.1. The van der Waals surface area contributed by atoms with E-state index in [0.29, 0.717) is 25.7 Å². The van der Waals surface area contributed by atoms with E-state index in [0.717, 1.165) is 57.3 Å². The van der Waals surface area contributed by atoms with Crippen LogP contribution in [-0.4, -0.2) is 192 Å². The standard InChI is InChI=1S/C44H82O13S2.4Na.4H/c1-4-5-6-7-8-9-10-11-12-13-16-19-23-26-29-32-35-56-44(49)40(36-41(45)46)59(53,54)57-42(47)37-39(58(50,51)52)43(48)55-34-31-28-25-22-20-17-14-15-18-21-24-27-30-33-38(2)3;;;;;;;;/h38-40H,4-37H2,1-3H3,(H,45,46)(H,50,51,52);;;;;;;;. The van der Waals surface area contributed by atoms with Crippen molar-refractivity contribution >= 4 is 162 Å². The second-order valence-electron chi connectivity index (χ2n) is 16.7. The van der Waals surface area contributed by atoms with Crippen molar-refractivity contribution in [3.63, 3.8) is 0 Å². The van der Waals surface area contributed by atoms with Crippen molar-refractivity contribution < 1.29 is 59.3 Å². The molecule has 2 N–H and O–H groups in total. The SMILES string of the molecule is CCCCCCCCCCCCCCCCCCOC(=O)C(CC(=O)O)S(=O)(=O)OC(=O)CC(C(=O)OCCCCCCCCCCCCCCCC(C)C)S(=O)(=O)O.[NaH].[NaH].[NaH].[NaH]. The van der Waals surface area contributed by atoms with Crippen molar-refractivity contribution in [1.29, 1.82) is 0 Å². The van der Waals surface area contributed by atoms with Gasteiger partial charge in [0.2, 0.25) is 5.25 Å². The molecule has 0 aromatic rings. The Bertz CT molecular complexity index is 1340. The summed E-state index contributed by atoms with van der Waals surface area (Å²) in [5.41, 5.74) is 0. The van der Waals surface area contributed by atoms with E-state index in [-0.39, 0.29) is 131 Å². The zero-order chi connectivity index (χ0) is 44.2. The fraction of sp³-hybridized carbons (Fsp3) is 0.909. The summed E-state index contributed by atoms with van der Waals surface area (Å²) in [6.45, 7) is 6.39. The van der Waals surface area contributed by atoms with Gasteiger partial charge < -0.3 is 18.8 Å². The number of carboxylic acid groups (broad SMARTS) is 1. The monoisotopic (exact) mass is 979 g/mol. The van der Waals surface area contributed by atoms with Crippen LogP contribution in [0.3, 0.4) is 0 Å². The Balaban J connectivity index is -0.00000280. The van der Waals surface area contributed by atoms with Gasteiger partial charge in [-0.2, -0.15) is 16.8 Å². The van der Waals surface area contributed by atoms with Gasteiger partial charge in [-0.15, -0.1) is 0 Å². The van der Waals surface area contributed by atoms with Crippen LogP contribution in [0.5, 0.6) is 0 Å². The van der Waals surface area contributed by atoms with Gasteiger partial charge in [0, 0.05) is 0 Å². The van der Waals surface area contributed by atoms with E-state index in [1.54, 1.807) is 0 Å². The van der Waals surface area contributed by atoms with Gasteiger partial charge in [-0.05, 0) is 18.8 Å². The third-order valence-corrected chi connectivity index (χ3v) is 13.1. The van der Waals surface area contributed by atoms with Crippen LogP contribution in [0.2, 0.25) is 0 Å². The normalized spacial score (nSPS) is 12.1. The molecule has 0 rings (SSSR count). The third kappa shape index (κ3) is 45.9. The van der Waals surface area contributed by atoms with Crippen molar-refractivity contribution in [3.8, 4) is 0 Å². The summed E-state index contributed by atoms with van der Waals surface area (Å²) < 4.78 is 73.4. The first kappa shape index (κ1) is 73.7. The molecule has 0 aromatic carbocycles. The molecule has 356 valence electrons. The van der Waals surface area contributed by atoms with E-state index >= 15 is 0 Å². The van der Waals surface area contributed by atoms with Crippen molar-refractivity contribution in [1.82, 2.24) is 0 Å². The number of hydrogen-bond donors (Lipinski definition) is 2. The number of rotatable bonds is 42. The molecule has 0 amide bonds. The summed E-state index contributed by atoms with van der Waals surface area (Å²) in [6.07, 6.45) is 31.0. The fourth-order valence-corrected chi connectivity index (χ4v) is 8.68. The first-order valence-electron chi connectivity index (χ1n) is 23.1. The van der Waals surface area contributed by atoms with Crippen molar-refractivity contribution in [3.05, 3.63) is 0 Å². The molecule has 0 heterocycles. The topological polar surface area (TPSA) is 205 Å². The van der Waals surface area contributed by atoms with Gasteiger partial charge in [0.05, 0.1) is 26.1 Å². The number of carbonyl (C=O) groups excluding carboxylic acids is 3. The Kier molecular flexibility index (Phi) is 57.0. The molecule has 0 radical (unpaired) electrons. The molecule has 0 aliphatic rings. The number of unbranched alkanes of at least 4 members (excludes halogenated alkanes) is 27. The van der Waals surface area contributed by atoms with Crippen LogP contribution in [0.25, 0.3) is 0 Å². The molecule has 0 saturated heterocycles. The average Bonchev–Trinajstić information content (AvgIpc) is 3.16. The minimum absolute atomic E-state index is 0. The van der Waals surface area contributed by atoms with Gasteiger partial charge in [0.1, 0.15) is 0 Å². The minimum atomic E-state index is -5.29. The Hall–Kier alpha value is 1.74. The van der Waals surface area contributed by atoms with E-state index < -0.39 is 67.5 Å². The Labute approximate surface area is 471 Å². The summed E-state index contributed by atoms with van der Waals surface area (Å²) in [5, 5.41) is 4.33. The molecule has 13 nitrogen and oxygen atoms in total. The molecule has 0 fully saturated rings. The predicted octanol–water partition coefficient (Wildman–Crippen LogP) is 8.22. The number of esters is 2. The Morgan fingerprint density at radius 3 is 1.06 bits per heavy atom. The Morgan fingerprint density at radius 1 is 0.460 bits per heavy atom. The first-order chi connectivity index (χ1) is 28.1. The van der Waals surface area contributed by atoms with Crippen LogP contribution in [0.15, 0.2) is 0 Å². The molecule has 2 atom stereocenters. The van der Waals surface area contributed by atoms with Gasteiger partial charge in [0.25, 0.3) is 10.1 Å². The quantitative estimate of drug-likeness (QED) is 0.0195. The van der Waals surface area contributed by atoms with Gasteiger partial charge >= 0.3 is 152 Å². The molecule has 0 aliphatic heterocycles. The summed E-state index contributed by atoms with van der Waals surface area (Å²) in [4.78, 5) is 49.0. The zero-order valence-corrected chi connectivity index (χ0v) is 38.6. The molecular weight excluding hydrogens is 893 g/mol. The molecule has 0 aliphatic carbocycles. The second-order valence-corrected chi connectivity index (χ2v) is 20.0. The van der Waals surface area contributed by atoms with Crippen LogP contribution in [0, 0.1) is 5.92 Å². The van der Waals surface area contributed by atoms with Gasteiger partial charge in [0.15, 0.2) is 5.25 Å². The molecule has 0 saturated carbocycles. The van der Waals surface area contributed by atoms with Crippen LogP contribution in [-0.2, 0) is 53.1 Å². The molecular formula is C44H86Na4O13S2. The number of carboxylic acids is 1.